The molecule has 1 rings (SSSR count). The molecule has 1 aromatic carbocycles. The molecule has 0 aromatic heterocycles. The van der Waals surface area contributed by atoms with Crippen molar-refractivity contribution in [3.63, 3.8) is 0 Å². The third-order valence-electron chi connectivity index (χ3n) is 3.76. The molecule has 0 aliphatic heterocycles. The van der Waals surface area contributed by atoms with Crippen LogP contribution in [0.1, 0.15) is 20.8 Å². The summed E-state index contributed by atoms with van der Waals surface area (Å²) in [7, 11) is 0.108. The quantitative estimate of drug-likeness (QED) is 0.715. The van der Waals surface area contributed by atoms with Gasteiger partial charge in [-0.15, -0.1) is 0 Å². The van der Waals surface area contributed by atoms with Crippen LogP contribution in [-0.2, 0) is 0 Å². The van der Waals surface area contributed by atoms with Gasteiger partial charge in [0.05, 0.1) is 15.2 Å². The number of rotatable bonds is 5. The minimum Gasteiger partial charge on any atom is -0.497 e. The summed E-state index contributed by atoms with van der Waals surface area (Å²) in [5, 5.41) is 1.14. The van der Waals surface area contributed by atoms with E-state index in [4.69, 9.17) is 4.74 Å². The zero-order chi connectivity index (χ0) is 12.2. The van der Waals surface area contributed by atoms with Crippen LogP contribution in [0.5, 0.6) is 5.75 Å². The van der Waals surface area contributed by atoms with E-state index < -0.39 is 8.07 Å². The van der Waals surface area contributed by atoms with Crippen molar-refractivity contribution in [2.45, 2.75) is 38.9 Å². The Morgan fingerprint density at radius 1 is 1.12 bits per heavy atom. The van der Waals surface area contributed by atoms with Crippen LogP contribution in [0.3, 0.4) is 0 Å². The van der Waals surface area contributed by atoms with Crippen molar-refractivity contribution >= 4 is 13.3 Å². The Kier molecular flexibility index (Phi) is 4.53. The van der Waals surface area contributed by atoms with Crippen LogP contribution < -0.4 is 9.92 Å². The predicted octanol–water partition coefficient (Wildman–Crippen LogP) is 3.55. The Balaban J connectivity index is 3.32. The molecular weight excluding hydrogens is 219 g/mol. The summed E-state index contributed by atoms with van der Waals surface area (Å²) in [6.07, 6.45) is 0. The van der Waals surface area contributed by atoms with Gasteiger partial charge in [0.15, 0.2) is 0 Å². The first-order valence-corrected chi connectivity index (χ1v) is 8.59. The molecule has 0 N–H and O–H groups in total. The monoisotopic (exact) mass is 240 g/mol. The van der Waals surface area contributed by atoms with Crippen LogP contribution in [-0.4, -0.2) is 15.2 Å². The first-order chi connectivity index (χ1) is 7.63. The SMILES string of the molecule is CC[Si](CC)(CC)c1cc(F)ccc1OC. The van der Waals surface area contributed by atoms with E-state index >= 15 is 0 Å². The van der Waals surface area contributed by atoms with Gasteiger partial charge < -0.3 is 4.74 Å². The fourth-order valence-electron chi connectivity index (χ4n) is 2.42. The number of benzene rings is 1. The largest absolute Gasteiger partial charge is 0.497 e. The fraction of sp³-hybridized carbons (Fsp3) is 0.538. The van der Waals surface area contributed by atoms with E-state index in [-0.39, 0.29) is 5.82 Å². The highest BCUT2D eigenvalue weighted by molar-refractivity contribution is 6.92. The van der Waals surface area contributed by atoms with Crippen molar-refractivity contribution in [3.8, 4) is 5.75 Å². The molecule has 1 aromatic rings. The molecule has 0 amide bonds. The van der Waals surface area contributed by atoms with Crippen LogP contribution in [0.4, 0.5) is 4.39 Å². The molecule has 0 saturated heterocycles. The van der Waals surface area contributed by atoms with Crippen molar-refractivity contribution in [2.75, 3.05) is 7.11 Å². The van der Waals surface area contributed by atoms with Gasteiger partial charge in [-0.1, -0.05) is 38.9 Å². The highest BCUT2D eigenvalue weighted by Gasteiger charge is 2.32. The number of ether oxygens (including phenoxy) is 1. The van der Waals surface area contributed by atoms with E-state index in [1.54, 1.807) is 19.2 Å². The van der Waals surface area contributed by atoms with Crippen LogP contribution in [0.25, 0.3) is 0 Å². The lowest BCUT2D eigenvalue weighted by Crippen LogP contribution is -2.46. The molecule has 0 fully saturated rings. The first-order valence-electron chi connectivity index (χ1n) is 5.97. The molecule has 0 aliphatic rings. The van der Waals surface area contributed by atoms with E-state index in [1.165, 1.54) is 6.07 Å². The average molecular weight is 240 g/mol. The van der Waals surface area contributed by atoms with Gasteiger partial charge in [-0.25, -0.2) is 4.39 Å². The van der Waals surface area contributed by atoms with E-state index in [0.29, 0.717) is 0 Å². The van der Waals surface area contributed by atoms with E-state index in [0.717, 1.165) is 29.1 Å². The fourth-order valence-corrected chi connectivity index (χ4v) is 6.21. The molecule has 0 saturated carbocycles. The van der Waals surface area contributed by atoms with E-state index in [9.17, 15) is 4.39 Å². The molecule has 3 heteroatoms. The maximum absolute atomic E-state index is 13.4. The first kappa shape index (κ1) is 13.2. The summed E-state index contributed by atoms with van der Waals surface area (Å²) in [4.78, 5) is 0. The number of hydrogen-bond acceptors (Lipinski definition) is 1. The van der Waals surface area contributed by atoms with Gasteiger partial charge in [0.1, 0.15) is 11.6 Å². The van der Waals surface area contributed by atoms with Crippen LogP contribution in [0.15, 0.2) is 18.2 Å². The van der Waals surface area contributed by atoms with Crippen LogP contribution in [0, 0.1) is 5.82 Å². The smallest absolute Gasteiger partial charge is 0.123 e. The molecule has 90 valence electrons. The number of methoxy groups -OCH3 is 1. The number of hydrogen-bond donors (Lipinski definition) is 0. The molecular formula is C13H21FOSi. The third-order valence-corrected chi connectivity index (χ3v) is 9.36. The minimum absolute atomic E-state index is 0.150. The summed E-state index contributed by atoms with van der Waals surface area (Å²) in [5.74, 6) is 0.710. The molecule has 0 bridgehead atoms. The summed E-state index contributed by atoms with van der Waals surface area (Å²) in [5.41, 5.74) is 0. The van der Waals surface area contributed by atoms with Crippen molar-refractivity contribution < 1.29 is 9.13 Å². The van der Waals surface area contributed by atoms with Crippen molar-refractivity contribution in [1.82, 2.24) is 0 Å². The minimum atomic E-state index is -1.56. The molecule has 1 nitrogen and oxygen atoms in total. The summed E-state index contributed by atoms with van der Waals surface area (Å²) >= 11 is 0. The van der Waals surface area contributed by atoms with Crippen molar-refractivity contribution in [2.24, 2.45) is 0 Å². The number of halogens is 1. The van der Waals surface area contributed by atoms with Crippen LogP contribution >= 0.6 is 0 Å². The topological polar surface area (TPSA) is 9.23 Å². The van der Waals surface area contributed by atoms with Crippen LogP contribution in [0.2, 0.25) is 18.1 Å². The second-order valence-corrected chi connectivity index (χ2v) is 9.41. The Bertz CT molecular complexity index is 340. The molecule has 0 spiro atoms. The Morgan fingerprint density at radius 2 is 1.69 bits per heavy atom. The van der Waals surface area contributed by atoms with Crippen molar-refractivity contribution in [1.29, 1.82) is 0 Å². The van der Waals surface area contributed by atoms with Gasteiger partial charge in [0, 0.05) is 0 Å². The molecule has 0 aliphatic carbocycles. The van der Waals surface area contributed by atoms with Crippen molar-refractivity contribution in [3.05, 3.63) is 24.0 Å². The lowest BCUT2D eigenvalue weighted by molar-refractivity contribution is 0.417. The highest BCUT2D eigenvalue weighted by atomic mass is 28.3. The molecule has 0 unspecified atom stereocenters. The Labute approximate surface area is 98.6 Å². The average Bonchev–Trinajstić information content (AvgIpc) is 2.32. The zero-order valence-corrected chi connectivity index (χ0v) is 11.6. The lowest BCUT2D eigenvalue weighted by Gasteiger charge is -2.30. The summed E-state index contributed by atoms with van der Waals surface area (Å²) < 4.78 is 18.8. The van der Waals surface area contributed by atoms with Gasteiger partial charge in [0.25, 0.3) is 0 Å². The maximum Gasteiger partial charge on any atom is 0.123 e. The lowest BCUT2D eigenvalue weighted by atomic mass is 10.3. The van der Waals surface area contributed by atoms with Gasteiger partial charge in [-0.05, 0) is 23.4 Å². The second kappa shape index (κ2) is 5.48. The third kappa shape index (κ3) is 2.29. The van der Waals surface area contributed by atoms with Gasteiger partial charge >= 0.3 is 0 Å². The molecule has 16 heavy (non-hydrogen) atoms. The zero-order valence-electron chi connectivity index (χ0n) is 10.6. The van der Waals surface area contributed by atoms with Gasteiger partial charge in [0.2, 0.25) is 0 Å². The van der Waals surface area contributed by atoms with E-state index in [2.05, 4.69) is 20.8 Å². The highest BCUT2D eigenvalue weighted by Crippen LogP contribution is 2.25. The van der Waals surface area contributed by atoms with Gasteiger partial charge in [-0.3, -0.25) is 0 Å². The normalized spacial score (nSPS) is 11.6. The standard InChI is InChI=1S/C13H21FOSi/c1-5-16(6-2,7-3)13-10-11(14)8-9-12(13)15-4/h8-10H,5-7H2,1-4H3. The Hall–Kier alpha value is -0.833. The second-order valence-electron chi connectivity index (χ2n) is 4.19. The molecule has 0 radical (unpaired) electrons. The van der Waals surface area contributed by atoms with Gasteiger partial charge in [-0.2, -0.15) is 0 Å². The molecule has 0 atom stereocenters. The predicted molar refractivity (Wildman–Crippen MR) is 69.8 cm³/mol. The van der Waals surface area contributed by atoms with E-state index in [1.807, 2.05) is 0 Å². The maximum atomic E-state index is 13.4. The summed E-state index contributed by atoms with van der Waals surface area (Å²) in [6.45, 7) is 6.64. The Morgan fingerprint density at radius 3 is 2.12 bits per heavy atom. The molecule has 0 heterocycles. The summed E-state index contributed by atoms with van der Waals surface area (Å²) in [6, 6.07) is 8.33.